The molecule has 2 atom stereocenters. The molecule has 9 heteroatoms. The van der Waals surface area contributed by atoms with Crippen molar-refractivity contribution in [3.05, 3.63) is 94.8 Å². The molecule has 47 heavy (non-hydrogen) atoms. The summed E-state index contributed by atoms with van der Waals surface area (Å²) < 4.78 is 28.7. The molecule has 7 rings (SSSR count). The summed E-state index contributed by atoms with van der Waals surface area (Å²) in [5.74, 6) is 2.11. The number of hydrogen-bond acceptors (Lipinski definition) is 7. The monoisotopic (exact) mass is 650 g/mol. The highest BCUT2D eigenvalue weighted by Crippen LogP contribution is 2.38. The molecule has 0 radical (unpaired) electrons. The maximum absolute atomic E-state index is 14.1. The molecule has 4 heterocycles. The molecule has 0 bridgehead atoms. The Kier molecular flexibility index (Phi) is 8.03. The van der Waals surface area contributed by atoms with Gasteiger partial charge in [-0.3, -0.25) is 0 Å². The lowest BCUT2D eigenvalue weighted by Gasteiger charge is -2.39. The smallest absolute Gasteiger partial charge is 0.248 e. The molecule has 1 N–H and O–H groups in total. The standard InChI is InChI=1S/C38H46N6O2S/c1-25(2)29-13-12-27(4)35(21-29)42-18-15-33-32(24-42)37(43-20-17-39-23-28(43)5)41-36(40-33)31-10-7-11-34-30(31)14-19-44(34)47(45,46)38(6)16-8-9-26(3)22-38/h7-14,16,19,21,25,28,39H,15,17-18,20,22-24H2,1-6H3/t28-,38?/m1/s1. The van der Waals surface area contributed by atoms with Crippen LogP contribution in [0.4, 0.5) is 11.5 Å². The SMILES string of the molecule is CC1=CC=CC(C)(S(=O)(=O)n2ccc3c(-c4nc5c(c(N6CCNC[C@H]6C)n4)CN(c4cc(C(C)C)ccc4C)CC5)cccc32)C1. The quantitative estimate of drug-likeness (QED) is 0.248. The minimum absolute atomic E-state index is 0.279. The van der Waals surface area contributed by atoms with Crippen LogP contribution in [0.5, 0.6) is 0 Å². The van der Waals surface area contributed by atoms with Crippen molar-refractivity contribution in [3.63, 3.8) is 0 Å². The van der Waals surface area contributed by atoms with Gasteiger partial charge in [-0.25, -0.2) is 22.4 Å². The number of anilines is 2. The zero-order valence-electron chi connectivity index (χ0n) is 28.4. The number of aromatic nitrogens is 3. The van der Waals surface area contributed by atoms with E-state index in [2.05, 4.69) is 61.0 Å². The van der Waals surface area contributed by atoms with E-state index >= 15 is 0 Å². The molecule has 3 aliphatic rings. The average molecular weight is 651 g/mol. The van der Waals surface area contributed by atoms with E-state index < -0.39 is 14.8 Å². The second kappa shape index (κ2) is 11.9. The van der Waals surface area contributed by atoms with E-state index in [1.807, 2.05) is 56.3 Å². The highest BCUT2D eigenvalue weighted by atomic mass is 32.2. The fraction of sp³-hybridized carbons (Fsp3) is 0.421. The number of nitrogens with zero attached hydrogens (tertiary/aromatic N) is 5. The second-order valence-electron chi connectivity index (χ2n) is 14.1. The van der Waals surface area contributed by atoms with Crippen molar-refractivity contribution in [1.29, 1.82) is 0 Å². The van der Waals surface area contributed by atoms with Crippen LogP contribution in [-0.2, 0) is 23.0 Å². The van der Waals surface area contributed by atoms with Crippen molar-refractivity contribution < 1.29 is 8.42 Å². The molecule has 2 aromatic carbocycles. The van der Waals surface area contributed by atoms with Crippen molar-refractivity contribution in [2.24, 2.45) is 0 Å². The molecule has 0 amide bonds. The van der Waals surface area contributed by atoms with E-state index in [0.29, 0.717) is 23.7 Å². The van der Waals surface area contributed by atoms with Gasteiger partial charge in [-0.05, 0) is 69.4 Å². The first kappa shape index (κ1) is 31.6. The zero-order chi connectivity index (χ0) is 33.1. The average Bonchev–Trinajstić information content (AvgIpc) is 3.50. The van der Waals surface area contributed by atoms with Gasteiger partial charge in [-0.2, -0.15) is 0 Å². The number of rotatable bonds is 6. The number of piperazine rings is 1. The van der Waals surface area contributed by atoms with Crippen LogP contribution in [0.1, 0.15) is 69.3 Å². The summed E-state index contributed by atoms with van der Waals surface area (Å²) in [4.78, 5) is 15.5. The molecule has 0 spiro atoms. The summed E-state index contributed by atoms with van der Waals surface area (Å²) in [5.41, 5.74) is 8.73. The number of benzene rings is 2. The largest absolute Gasteiger partial charge is 0.366 e. The van der Waals surface area contributed by atoms with Crippen molar-refractivity contribution in [3.8, 4) is 11.4 Å². The Labute approximate surface area is 279 Å². The third-order valence-corrected chi connectivity index (χ3v) is 12.6. The van der Waals surface area contributed by atoms with Gasteiger partial charge in [0.05, 0.1) is 11.2 Å². The van der Waals surface area contributed by atoms with Gasteiger partial charge < -0.3 is 15.1 Å². The maximum atomic E-state index is 14.1. The number of aryl methyl sites for hydroxylation is 1. The molecule has 0 saturated carbocycles. The molecule has 1 aliphatic carbocycles. The molecule has 1 saturated heterocycles. The maximum Gasteiger partial charge on any atom is 0.248 e. The first-order chi connectivity index (χ1) is 22.5. The predicted octanol–water partition coefficient (Wildman–Crippen LogP) is 6.73. The van der Waals surface area contributed by atoms with E-state index in [1.165, 1.54) is 26.4 Å². The Morgan fingerprint density at radius 1 is 1.06 bits per heavy atom. The fourth-order valence-electron chi connectivity index (χ4n) is 7.48. The van der Waals surface area contributed by atoms with Crippen LogP contribution in [0.2, 0.25) is 0 Å². The molecule has 2 aliphatic heterocycles. The van der Waals surface area contributed by atoms with Crippen molar-refractivity contribution in [1.82, 2.24) is 19.3 Å². The third-order valence-electron chi connectivity index (χ3n) is 10.3. The Hall–Kier alpha value is -3.95. The summed E-state index contributed by atoms with van der Waals surface area (Å²) in [6.07, 6.45) is 8.62. The number of nitrogens with one attached hydrogen (secondary N) is 1. The highest BCUT2D eigenvalue weighted by molar-refractivity contribution is 7.91. The van der Waals surface area contributed by atoms with Gasteiger partial charge in [-0.15, -0.1) is 0 Å². The van der Waals surface area contributed by atoms with Crippen molar-refractivity contribution >= 4 is 32.4 Å². The van der Waals surface area contributed by atoms with E-state index in [9.17, 15) is 8.42 Å². The summed E-state index contributed by atoms with van der Waals surface area (Å²) in [6.45, 7) is 17.0. The number of hydrogen-bond donors (Lipinski definition) is 1. The summed E-state index contributed by atoms with van der Waals surface area (Å²) >= 11 is 0. The Morgan fingerprint density at radius 3 is 2.66 bits per heavy atom. The molecule has 1 unspecified atom stereocenters. The minimum Gasteiger partial charge on any atom is -0.366 e. The third kappa shape index (κ3) is 5.47. The van der Waals surface area contributed by atoms with Gasteiger partial charge in [0, 0.05) is 73.6 Å². The second-order valence-corrected chi connectivity index (χ2v) is 16.4. The summed E-state index contributed by atoms with van der Waals surface area (Å²) in [7, 11) is -3.74. The van der Waals surface area contributed by atoms with Crippen LogP contribution < -0.4 is 15.1 Å². The van der Waals surface area contributed by atoms with Gasteiger partial charge in [0.15, 0.2) is 5.82 Å². The number of allylic oxidation sites excluding steroid dienone is 3. The number of fused-ring (bicyclic) bond motifs is 2. The lowest BCUT2D eigenvalue weighted by atomic mass is 9.96. The zero-order valence-corrected chi connectivity index (χ0v) is 29.2. The van der Waals surface area contributed by atoms with Crippen LogP contribution >= 0.6 is 0 Å². The first-order valence-corrected chi connectivity index (χ1v) is 18.3. The van der Waals surface area contributed by atoms with E-state index in [0.717, 1.165) is 67.2 Å². The Bertz CT molecular complexity index is 2030. The van der Waals surface area contributed by atoms with Crippen LogP contribution in [0, 0.1) is 6.92 Å². The molecular weight excluding hydrogens is 605 g/mol. The van der Waals surface area contributed by atoms with Crippen molar-refractivity contribution in [2.45, 2.75) is 77.6 Å². The molecule has 8 nitrogen and oxygen atoms in total. The topological polar surface area (TPSA) is 83.4 Å². The summed E-state index contributed by atoms with van der Waals surface area (Å²) in [5, 5.41) is 4.37. The van der Waals surface area contributed by atoms with Crippen LogP contribution in [0.15, 0.2) is 72.5 Å². The normalized spacial score (nSPS) is 21.8. The minimum atomic E-state index is -3.74. The summed E-state index contributed by atoms with van der Waals surface area (Å²) in [6, 6.07) is 14.9. The fourth-order valence-corrected chi connectivity index (χ4v) is 9.23. The lowest BCUT2D eigenvalue weighted by molar-refractivity contribution is 0.494. The van der Waals surface area contributed by atoms with Crippen molar-refractivity contribution in [2.75, 3.05) is 36.0 Å². The van der Waals surface area contributed by atoms with E-state index in [4.69, 9.17) is 9.97 Å². The lowest BCUT2D eigenvalue weighted by Crippen LogP contribution is -2.51. The molecule has 4 aromatic rings. The molecular formula is C38H46N6O2S. The van der Waals surface area contributed by atoms with Gasteiger partial charge in [-0.1, -0.05) is 61.9 Å². The molecule has 2 aromatic heterocycles. The van der Waals surface area contributed by atoms with Gasteiger partial charge in [0.25, 0.3) is 0 Å². The Balaban J connectivity index is 1.33. The van der Waals surface area contributed by atoms with Crippen LogP contribution in [-0.4, -0.2) is 59.3 Å². The predicted molar refractivity (Wildman–Crippen MR) is 193 cm³/mol. The van der Waals surface area contributed by atoms with Gasteiger partial charge >= 0.3 is 0 Å². The first-order valence-electron chi connectivity index (χ1n) is 16.9. The van der Waals surface area contributed by atoms with Gasteiger partial charge in [0.2, 0.25) is 10.0 Å². The Morgan fingerprint density at radius 2 is 1.89 bits per heavy atom. The van der Waals surface area contributed by atoms with Gasteiger partial charge in [0.1, 0.15) is 10.6 Å². The van der Waals surface area contributed by atoms with E-state index in [1.54, 1.807) is 6.20 Å². The van der Waals surface area contributed by atoms with E-state index in [-0.39, 0.29) is 6.04 Å². The highest BCUT2D eigenvalue weighted by Gasteiger charge is 2.40. The van der Waals surface area contributed by atoms with Crippen LogP contribution in [0.25, 0.3) is 22.3 Å². The van der Waals surface area contributed by atoms with Crippen LogP contribution in [0.3, 0.4) is 0 Å². The molecule has 246 valence electrons. The molecule has 1 fully saturated rings.